The molecule has 0 aromatic heterocycles. The largest absolute Gasteiger partial charge is 0.497 e. The lowest BCUT2D eigenvalue weighted by molar-refractivity contribution is -0.142. The van der Waals surface area contributed by atoms with Crippen LogP contribution in [0.2, 0.25) is 0 Å². The minimum absolute atomic E-state index is 0.0141. The molecule has 0 unspecified atom stereocenters. The number of Topliss-reactive ketones (excluding diaryl/α,β-unsaturated/α-hetero) is 1. The summed E-state index contributed by atoms with van der Waals surface area (Å²) in [6, 6.07) is 7.79. The Hall–Kier alpha value is -1.39. The van der Waals surface area contributed by atoms with Gasteiger partial charge in [0.2, 0.25) is 0 Å². The quantitative estimate of drug-likeness (QED) is 0.830. The van der Waals surface area contributed by atoms with Crippen molar-refractivity contribution >= 4 is 5.78 Å². The molecule has 0 spiro atoms. The molecule has 2 rings (SSSR count). The SMILES string of the molecule is COc1ccc([C@@H](CC(C)=O)[C@@H]2COC(C)(C)O2)cc1. The van der Waals surface area contributed by atoms with Crippen molar-refractivity contribution < 1.29 is 19.0 Å². The van der Waals surface area contributed by atoms with Gasteiger partial charge in [0.1, 0.15) is 11.5 Å². The van der Waals surface area contributed by atoms with Crippen LogP contribution in [0.1, 0.15) is 38.7 Å². The molecular weight excluding hydrogens is 256 g/mol. The lowest BCUT2D eigenvalue weighted by atomic mass is 9.89. The number of ketones is 1. The van der Waals surface area contributed by atoms with E-state index in [2.05, 4.69) is 0 Å². The van der Waals surface area contributed by atoms with E-state index in [0.29, 0.717) is 13.0 Å². The number of methoxy groups -OCH3 is 1. The zero-order valence-corrected chi connectivity index (χ0v) is 12.5. The lowest BCUT2D eigenvalue weighted by Crippen LogP contribution is -2.26. The Morgan fingerprint density at radius 1 is 1.40 bits per heavy atom. The average molecular weight is 278 g/mol. The number of benzene rings is 1. The van der Waals surface area contributed by atoms with E-state index in [4.69, 9.17) is 14.2 Å². The third kappa shape index (κ3) is 3.58. The minimum atomic E-state index is -0.577. The van der Waals surface area contributed by atoms with Gasteiger partial charge in [0.25, 0.3) is 0 Å². The van der Waals surface area contributed by atoms with Crippen molar-refractivity contribution in [2.24, 2.45) is 0 Å². The fourth-order valence-electron chi connectivity index (χ4n) is 2.54. The summed E-state index contributed by atoms with van der Waals surface area (Å²) >= 11 is 0. The average Bonchev–Trinajstić information content (AvgIpc) is 2.76. The Labute approximate surface area is 120 Å². The first-order valence-corrected chi connectivity index (χ1v) is 6.86. The molecule has 4 heteroatoms. The molecule has 4 nitrogen and oxygen atoms in total. The topological polar surface area (TPSA) is 44.8 Å². The maximum absolute atomic E-state index is 11.5. The molecule has 0 saturated carbocycles. The molecule has 1 aliphatic rings. The monoisotopic (exact) mass is 278 g/mol. The van der Waals surface area contributed by atoms with Crippen molar-refractivity contribution in [3.8, 4) is 5.75 Å². The molecule has 110 valence electrons. The molecule has 20 heavy (non-hydrogen) atoms. The van der Waals surface area contributed by atoms with Crippen molar-refractivity contribution in [3.63, 3.8) is 0 Å². The van der Waals surface area contributed by atoms with Gasteiger partial charge in [-0.05, 0) is 38.5 Å². The third-order valence-corrected chi connectivity index (χ3v) is 3.53. The molecule has 1 fully saturated rings. The minimum Gasteiger partial charge on any atom is -0.497 e. The summed E-state index contributed by atoms with van der Waals surface area (Å²) in [5.74, 6) is 0.394. The highest BCUT2D eigenvalue weighted by molar-refractivity contribution is 5.76. The zero-order valence-electron chi connectivity index (χ0n) is 12.5. The van der Waals surface area contributed by atoms with Crippen molar-refractivity contribution in [1.29, 1.82) is 0 Å². The van der Waals surface area contributed by atoms with Gasteiger partial charge in [-0.25, -0.2) is 0 Å². The molecule has 0 aliphatic carbocycles. The Morgan fingerprint density at radius 2 is 2.05 bits per heavy atom. The highest BCUT2D eigenvalue weighted by Crippen LogP contribution is 2.34. The highest BCUT2D eigenvalue weighted by atomic mass is 16.7. The van der Waals surface area contributed by atoms with Crippen LogP contribution in [-0.2, 0) is 14.3 Å². The number of carbonyl (C=O) groups is 1. The summed E-state index contributed by atoms with van der Waals surface area (Å²) in [5, 5.41) is 0. The second-order valence-electron chi connectivity index (χ2n) is 5.65. The molecule has 1 saturated heterocycles. The number of carbonyl (C=O) groups excluding carboxylic acids is 1. The van der Waals surface area contributed by atoms with Gasteiger partial charge in [0, 0.05) is 12.3 Å². The van der Waals surface area contributed by atoms with Crippen molar-refractivity contribution in [2.45, 2.75) is 45.0 Å². The first-order chi connectivity index (χ1) is 9.41. The summed E-state index contributed by atoms with van der Waals surface area (Å²) in [6.07, 6.45) is 0.360. The van der Waals surface area contributed by atoms with E-state index < -0.39 is 5.79 Å². The van der Waals surface area contributed by atoms with Gasteiger partial charge in [-0.2, -0.15) is 0 Å². The molecule has 1 heterocycles. The van der Waals surface area contributed by atoms with Crippen LogP contribution in [-0.4, -0.2) is 31.4 Å². The number of rotatable bonds is 5. The molecule has 1 aromatic carbocycles. The molecule has 1 aliphatic heterocycles. The standard InChI is InChI=1S/C16H22O4/c1-11(17)9-14(15-10-19-16(2,3)20-15)12-5-7-13(18-4)8-6-12/h5-8,14-15H,9-10H2,1-4H3/t14-,15+/m1/s1. The van der Waals surface area contributed by atoms with E-state index in [1.807, 2.05) is 38.1 Å². The van der Waals surface area contributed by atoms with Gasteiger partial charge in [0.15, 0.2) is 5.79 Å². The van der Waals surface area contributed by atoms with Gasteiger partial charge in [-0.3, -0.25) is 0 Å². The van der Waals surface area contributed by atoms with E-state index in [1.165, 1.54) is 0 Å². The maximum Gasteiger partial charge on any atom is 0.163 e. The van der Waals surface area contributed by atoms with Crippen molar-refractivity contribution in [1.82, 2.24) is 0 Å². The predicted octanol–water partition coefficient (Wildman–Crippen LogP) is 2.91. The molecule has 2 atom stereocenters. The van der Waals surface area contributed by atoms with Crippen LogP contribution in [0.25, 0.3) is 0 Å². The van der Waals surface area contributed by atoms with Crippen molar-refractivity contribution in [2.75, 3.05) is 13.7 Å². The van der Waals surface area contributed by atoms with Crippen LogP contribution in [0.5, 0.6) is 5.75 Å². The molecule has 0 radical (unpaired) electrons. The molecular formula is C16H22O4. The molecule has 0 N–H and O–H groups in total. The van der Waals surface area contributed by atoms with Gasteiger partial charge < -0.3 is 19.0 Å². The first-order valence-electron chi connectivity index (χ1n) is 6.86. The zero-order chi connectivity index (χ0) is 14.8. The van der Waals surface area contributed by atoms with E-state index in [1.54, 1.807) is 14.0 Å². The lowest BCUT2D eigenvalue weighted by Gasteiger charge is -2.24. The van der Waals surface area contributed by atoms with Crippen LogP contribution in [0.15, 0.2) is 24.3 Å². The van der Waals surface area contributed by atoms with Crippen LogP contribution in [0, 0.1) is 0 Å². The predicted molar refractivity (Wildman–Crippen MR) is 75.9 cm³/mol. The van der Waals surface area contributed by atoms with Gasteiger partial charge in [0.05, 0.1) is 19.8 Å². The molecule has 0 bridgehead atoms. The van der Waals surface area contributed by atoms with Crippen molar-refractivity contribution in [3.05, 3.63) is 29.8 Å². The second-order valence-corrected chi connectivity index (χ2v) is 5.65. The van der Waals surface area contributed by atoms with Crippen LogP contribution in [0.3, 0.4) is 0 Å². The fourth-order valence-corrected chi connectivity index (χ4v) is 2.54. The highest BCUT2D eigenvalue weighted by Gasteiger charge is 2.38. The number of hydrogen-bond acceptors (Lipinski definition) is 4. The smallest absolute Gasteiger partial charge is 0.163 e. The summed E-state index contributed by atoms with van der Waals surface area (Å²) in [5.41, 5.74) is 1.08. The molecule has 0 amide bonds. The van der Waals surface area contributed by atoms with Crippen LogP contribution < -0.4 is 4.74 Å². The summed E-state index contributed by atoms with van der Waals surface area (Å²) < 4.78 is 16.7. The second kappa shape index (κ2) is 5.94. The van der Waals surface area contributed by atoms with Gasteiger partial charge in [-0.15, -0.1) is 0 Å². The van der Waals surface area contributed by atoms with Crippen LogP contribution in [0.4, 0.5) is 0 Å². The third-order valence-electron chi connectivity index (χ3n) is 3.53. The Morgan fingerprint density at radius 3 is 2.50 bits per heavy atom. The maximum atomic E-state index is 11.5. The first kappa shape index (κ1) is 15.0. The Bertz CT molecular complexity index is 464. The van der Waals surface area contributed by atoms with E-state index in [-0.39, 0.29) is 17.8 Å². The fraction of sp³-hybridized carbons (Fsp3) is 0.562. The molecule has 1 aromatic rings. The number of hydrogen-bond donors (Lipinski definition) is 0. The Kier molecular flexibility index (Phi) is 4.45. The summed E-state index contributed by atoms with van der Waals surface area (Å²) in [7, 11) is 1.64. The van der Waals surface area contributed by atoms with Crippen LogP contribution >= 0.6 is 0 Å². The van der Waals surface area contributed by atoms with E-state index in [9.17, 15) is 4.79 Å². The van der Waals surface area contributed by atoms with Gasteiger partial charge in [-0.1, -0.05) is 12.1 Å². The Balaban J connectivity index is 2.20. The summed E-state index contributed by atoms with van der Waals surface area (Å²) in [4.78, 5) is 11.5. The van der Waals surface area contributed by atoms with E-state index in [0.717, 1.165) is 11.3 Å². The number of ether oxygens (including phenoxy) is 3. The summed E-state index contributed by atoms with van der Waals surface area (Å²) in [6.45, 7) is 5.91. The normalized spacial score (nSPS) is 22.5. The van der Waals surface area contributed by atoms with Gasteiger partial charge >= 0.3 is 0 Å². The van der Waals surface area contributed by atoms with E-state index >= 15 is 0 Å².